The molecule has 2 aromatic carbocycles. The fraction of sp³-hybridized carbons (Fsp3) is 0.417. The first-order chi connectivity index (χ1) is 14.5. The van der Waals surface area contributed by atoms with E-state index in [2.05, 4.69) is 47.2 Å². The van der Waals surface area contributed by atoms with E-state index in [-0.39, 0.29) is 0 Å². The van der Waals surface area contributed by atoms with Crippen molar-refractivity contribution in [2.45, 2.75) is 26.7 Å². The molecule has 0 aromatic heterocycles. The Morgan fingerprint density at radius 3 is 2.50 bits per heavy atom. The van der Waals surface area contributed by atoms with E-state index in [0.717, 1.165) is 53.0 Å². The fourth-order valence-corrected chi connectivity index (χ4v) is 3.53. The monoisotopic (exact) mass is 494 g/mol. The summed E-state index contributed by atoms with van der Waals surface area (Å²) in [5.74, 6) is 2.10. The molecule has 0 aliphatic carbocycles. The molecular weight excluding hydrogens is 464 g/mol. The van der Waals surface area contributed by atoms with Gasteiger partial charge in [0.05, 0.1) is 13.2 Å². The lowest BCUT2D eigenvalue weighted by molar-refractivity contribution is 0.266. The third-order valence-electron chi connectivity index (χ3n) is 4.24. The second-order valence-corrected chi connectivity index (χ2v) is 8.83. The van der Waals surface area contributed by atoms with Gasteiger partial charge < -0.3 is 20.5 Å². The van der Waals surface area contributed by atoms with Crippen molar-refractivity contribution in [3.05, 3.63) is 57.0 Å². The van der Waals surface area contributed by atoms with Crippen LogP contribution < -0.4 is 20.5 Å². The lowest BCUT2D eigenvalue weighted by Gasteiger charge is -2.13. The molecular formula is C24H32BrClN2O2. The summed E-state index contributed by atoms with van der Waals surface area (Å²) in [4.78, 5) is 0. The van der Waals surface area contributed by atoms with Crippen LogP contribution in [0.3, 0.4) is 0 Å². The maximum absolute atomic E-state index is 6.04. The van der Waals surface area contributed by atoms with Crippen LogP contribution in [0.25, 0.3) is 12.2 Å². The minimum atomic E-state index is 0.458. The summed E-state index contributed by atoms with van der Waals surface area (Å²) in [6, 6.07) is 11.8. The van der Waals surface area contributed by atoms with Crippen LogP contribution in [-0.4, -0.2) is 32.8 Å². The van der Waals surface area contributed by atoms with Gasteiger partial charge in [-0.15, -0.1) is 0 Å². The standard InChI is InChI=1S/C24H32BrClN2O2/c1-18(2)17-30-23-14-19(5-6-20-7-8-21(26)15-24(20)25)13-22(16-23)29-12-4-3-10-28-11-9-27/h5-8,13-16,18,28H,3-4,9-12,17,27H2,1-2H3/b6-5+. The fourth-order valence-electron chi connectivity index (χ4n) is 2.71. The van der Waals surface area contributed by atoms with Gasteiger partial charge in [0.1, 0.15) is 11.5 Å². The molecule has 0 unspecified atom stereocenters. The number of hydrogen-bond acceptors (Lipinski definition) is 4. The molecule has 30 heavy (non-hydrogen) atoms. The second-order valence-electron chi connectivity index (χ2n) is 7.54. The molecule has 0 aliphatic rings. The molecule has 0 fully saturated rings. The molecule has 0 saturated carbocycles. The van der Waals surface area contributed by atoms with Gasteiger partial charge in [-0.1, -0.05) is 59.6 Å². The summed E-state index contributed by atoms with van der Waals surface area (Å²) in [6.07, 6.45) is 6.15. The summed E-state index contributed by atoms with van der Waals surface area (Å²) >= 11 is 9.59. The van der Waals surface area contributed by atoms with Crippen molar-refractivity contribution in [3.8, 4) is 11.5 Å². The summed E-state index contributed by atoms with van der Waals surface area (Å²) in [5, 5.41) is 4.00. The molecule has 0 radical (unpaired) electrons. The Kier molecular flexibility index (Phi) is 11.3. The third-order valence-corrected chi connectivity index (χ3v) is 5.16. The first kappa shape index (κ1) is 24.7. The van der Waals surface area contributed by atoms with Crippen molar-refractivity contribution >= 4 is 39.7 Å². The van der Waals surface area contributed by atoms with Gasteiger partial charge in [-0.05, 0) is 60.7 Å². The minimum absolute atomic E-state index is 0.458. The van der Waals surface area contributed by atoms with Crippen LogP contribution in [0.2, 0.25) is 5.02 Å². The number of nitrogens with two attached hydrogens (primary N) is 1. The van der Waals surface area contributed by atoms with E-state index in [9.17, 15) is 0 Å². The highest BCUT2D eigenvalue weighted by Crippen LogP contribution is 2.27. The SMILES string of the molecule is CC(C)COc1cc(/C=C/c2ccc(Cl)cc2Br)cc(OCCCCNCCN)c1. The number of halogens is 2. The Morgan fingerprint density at radius 2 is 1.80 bits per heavy atom. The molecule has 0 atom stereocenters. The van der Waals surface area contributed by atoms with Crippen molar-refractivity contribution in [2.24, 2.45) is 11.7 Å². The predicted molar refractivity (Wildman–Crippen MR) is 132 cm³/mol. The van der Waals surface area contributed by atoms with Gasteiger partial charge >= 0.3 is 0 Å². The van der Waals surface area contributed by atoms with E-state index in [0.29, 0.717) is 30.7 Å². The van der Waals surface area contributed by atoms with E-state index in [1.54, 1.807) is 0 Å². The Bertz CT molecular complexity index is 812. The molecule has 0 aliphatic heterocycles. The zero-order valence-electron chi connectivity index (χ0n) is 17.8. The van der Waals surface area contributed by atoms with Crippen molar-refractivity contribution < 1.29 is 9.47 Å². The van der Waals surface area contributed by atoms with Gasteiger partial charge in [0.15, 0.2) is 0 Å². The summed E-state index contributed by atoms with van der Waals surface area (Å²) in [6.45, 7) is 8.10. The van der Waals surface area contributed by atoms with Crippen molar-refractivity contribution in [2.75, 3.05) is 32.8 Å². The van der Waals surface area contributed by atoms with Crippen LogP contribution in [0.1, 0.15) is 37.8 Å². The average molecular weight is 496 g/mol. The first-order valence-electron chi connectivity index (χ1n) is 10.4. The molecule has 0 saturated heterocycles. The molecule has 2 aromatic rings. The predicted octanol–water partition coefficient (Wildman–Crippen LogP) is 6.02. The van der Waals surface area contributed by atoms with Gasteiger partial charge in [0.2, 0.25) is 0 Å². The van der Waals surface area contributed by atoms with E-state index in [4.69, 9.17) is 26.8 Å². The number of rotatable bonds is 13. The Labute approximate surface area is 193 Å². The highest BCUT2D eigenvalue weighted by Gasteiger charge is 2.05. The van der Waals surface area contributed by atoms with Crippen LogP contribution in [0, 0.1) is 5.92 Å². The number of unbranched alkanes of at least 4 members (excludes halogenated alkanes) is 1. The van der Waals surface area contributed by atoms with Gasteiger partial charge in [-0.25, -0.2) is 0 Å². The topological polar surface area (TPSA) is 56.5 Å². The van der Waals surface area contributed by atoms with Gasteiger partial charge in [-0.2, -0.15) is 0 Å². The van der Waals surface area contributed by atoms with Crippen molar-refractivity contribution in [1.29, 1.82) is 0 Å². The lowest BCUT2D eigenvalue weighted by atomic mass is 10.1. The molecule has 3 N–H and O–H groups in total. The third kappa shape index (κ3) is 9.52. The molecule has 0 spiro atoms. The number of hydrogen-bond donors (Lipinski definition) is 2. The van der Waals surface area contributed by atoms with Crippen LogP contribution in [-0.2, 0) is 0 Å². The summed E-state index contributed by atoms with van der Waals surface area (Å²) < 4.78 is 12.9. The second kappa shape index (κ2) is 13.7. The molecule has 4 nitrogen and oxygen atoms in total. The van der Waals surface area contributed by atoms with E-state index >= 15 is 0 Å². The molecule has 2 rings (SSSR count). The Morgan fingerprint density at radius 1 is 1.03 bits per heavy atom. The molecule has 0 heterocycles. The minimum Gasteiger partial charge on any atom is -0.493 e. The maximum Gasteiger partial charge on any atom is 0.123 e. The van der Waals surface area contributed by atoms with Crippen molar-refractivity contribution in [3.63, 3.8) is 0 Å². The van der Waals surface area contributed by atoms with Gasteiger partial charge in [0.25, 0.3) is 0 Å². The molecule has 164 valence electrons. The van der Waals surface area contributed by atoms with Gasteiger partial charge in [-0.3, -0.25) is 0 Å². The van der Waals surface area contributed by atoms with E-state index in [1.165, 1.54) is 0 Å². The largest absolute Gasteiger partial charge is 0.493 e. The first-order valence-corrected chi connectivity index (χ1v) is 11.6. The van der Waals surface area contributed by atoms with Crippen LogP contribution in [0.5, 0.6) is 11.5 Å². The normalized spacial score (nSPS) is 11.4. The molecule has 6 heteroatoms. The molecule has 0 bridgehead atoms. The lowest BCUT2D eigenvalue weighted by Crippen LogP contribution is -2.23. The number of ether oxygens (including phenoxy) is 2. The summed E-state index contributed by atoms with van der Waals surface area (Å²) in [7, 11) is 0. The Hall–Kier alpha value is -1.53. The quantitative estimate of drug-likeness (QED) is 0.264. The zero-order chi connectivity index (χ0) is 21.8. The maximum atomic E-state index is 6.04. The van der Waals surface area contributed by atoms with Crippen LogP contribution >= 0.6 is 27.5 Å². The van der Waals surface area contributed by atoms with Crippen LogP contribution in [0.15, 0.2) is 40.9 Å². The highest BCUT2D eigenvalue weighted by molar-refractivity contribution is 9.10. The Balaban J connectivity index is 2.05. The van der Waals surface area contributed by atoms with E-state index in [1.807, 2.05) is 36.4 Å². The van der Waals surface area contributed by atoms with Gasteiger partial charge in [0, 0.05) is 28.7 Å². The number of nitrogens with one attached hydrogen (secondary N) is 1. The average Bonchev–Trinajstić information content (AvgIpc) is 2.71. The van der Waals surface area contributed by atoms with Crippen LogP contribution in [0.4, 0.5) is 0 Å². The highest BCUT2D eigenvalue weighted by atomic mass is 79.9. The molecule has 0 amide bonds. The summed E-state index contributed by atoms with van der Waals surface area (Å²) in [5.41, 5.74) is 7.56. The van der Waals surface area contributed by atoms with E-state index < -0.39 is 0 Å². The number of benzene rings is 2. The zero-order valence-corrected chi connectivity index (χ0v) is 20.1. The smallest absolute Gasteiger partial charge is 0.123 e. The van der Waals surface area contributed by atoms with Crippen molar-refractivity contribution in [1.82, 2.24) is 5.32 Å².